The summed E-state index contributed by atoms with van der Waals surface area (Å²) in [5.74, 6) is 0.211. The minimum atomic E-state index is -4.25. The van der Waals surface area contributed by atoms with Crippen LogP contribution in [-0.4, -0.2) is 21.4 Å². The van der Waals surface area contributed by atoms with E-state index in [9.17, 15) is 13.2 Å². The molecule has 4 rings (SSSR count). The average Bonchev–Trinajstić information content (AvgIpc) is 3.14. The van der Waals surface area contributed by atoms with Crippen LogP contribution < -0.4 is 4.90 Å². The molecule has 27 heavy (non-hydrogen) atoms. The molecule has 138 valence electrons. The molecule has 2 aromatic heterocycles. The first kappa shape index (κ1) is 17.5. The lowest BCUT2D eigenvalue weighted by Crippen LogP contribution is -2.21. The first-order valence-corrected chi connectivity index (χ1v) is 8.33. The fourth-order valence-electron chi connectivity index (χ4n) is 2.98. The molecule has 1 aliphatic rings. The van der Waals surface area contributed by atoms with Crippen molar-refractivity contribution in [3.63, 3.8) is 0 Å². The second-order valence-electron chi connectivity index (χ2n) is 5.99. The van der Waals surface area contributed by atoms with Crippen molar-refractivity contribution in [2.75, 3.05) is 4.90 Å². The summed E-state index contributed by atoms with van der Waals surface area (Å²) in [5, 5.41) is 7.70. The standard InChI is InChI=1S/C18H12ClF3N4O/c19-15-6-13(8-23-16(15)17-25-24-10-27-17)26-5-4-14-11(7-18(20,21)22)2-1-3-12(14)9-26/h1-6,8,10H,7,9H2. The highest BCUT2D eigenvalue weighted by atomic mass is 35.5. The van der Waals surface area contributed by atoms with E-state index >= 15 is 0 Å². The third-order valence-corrected chi connectivity index (χ3v) is 4.45. The van der Waals surface area contributed by atoms with Crippen LogP contribution in [0.25, 0.3) is 17.7 Å². The van der Waals surface area contributed by atoms with Gasteiger partial charge in [0.15, 0.2) is 0 Å². The van der Waals surface area contributed by atoms with Crippen molar-refractivity contribution in [2.45, 2.75) is 19.1 Å². The maximum atomic E-state index is 12.8. The predicted octanol–water partition coefficient (Wildman–Crippen LogP) is 4.88. The number of fused-ring (bicyclic) bond motifs is 1. The SMILES string of the molecule is FC(F)(F)Cc1cccc2c1C=CN(c1cnc(-c3nnco3)c(Cl)c1)C2. The number of alkyl halides is 3. The predicted molar refractivity (Wildman–Crippen MR) is 94.0 cm³/mol. The Morgan fingerprint density at radius 3 is 2.81 bits per heavy atom. The van der Waals surface area contributed by atoms with Gasteiger partial charge in [-0.2, -0.15) is 13.2 Å². The normalized spacial score (nSPS) is 13.7. The van der Waals surface area contributed by atoms with E-state index in [2.05, 4.69) is 15.2 Å². The molecular weight excluding hydrogens is 381 g/mol. The molecule has 0 saturated carbocycles. The van der Waals surface area contributed by atoms with Crippen LogP contribution in [0.4, 0.5) is 18.9 Å². The second-order valence-corrected chi connectivity index (χ2v) is 6.40. The molecule has 0 unspecified atom stereocenters. The molecule has 0 aliphatic carbocycles. The number of hydrogen-bond donors (Lipinski definition) is 0. The van der Waals surface area contributed by atoms with E-state index < -0.39 is 12.6 Å². The lowest BCUT2D eigenvalue weighted by molar-refractivity contribution is -0.127. The van der Waals surface area contributed by atoms with Crippen LogP contribution >= 0.6 is 11.6 Å². The zero-order chi connectivity index (χ0) is 19.0. The molecule has 0 amide bonds. The molecule has 1 aromatic carbocycles. The first-order chi connectivity index (χ1) is 12.9. The van der Waals surface area contributed by atoms with Gasteiger partial charge in [0.25, 0.3) is 5.89 Å². The molecule has 0 atom stereocenters. The van der Waals surface area contributed by atoms with E-state index in [0.717, 1.165) is 5.56 Å². The number of nitrogens with zero attached hydrogens (tertiary/aromatic N) is 4. The van der Waals surface area contributed by atoms with Gasteiger partial charge in [-0.05, 0) is 28.8 Å². The fourth-order valence-corrected chi connectivity index (χ4v) is 3.23. The summed E-state index contributed by atoms with van der Waals surface area (Å²) >= 11 is 6.27. The van der Waals surface area contributed by atoms with Crippen LogP contribution in [-0.2, 0) is 13.0 Å². The van der Waals surface area contributed by atoms with Crippen molar-refractivity contribution in [2.24, 2.45) is 0 Å². The Bertz CT molecular complexity index is 1000. The smallest absolute Gasteiger partial charge is 0.393 e. The van der Waals surface area contributed by atoms with Gasteiger partial charge in [0.05, 0.1) is 23.3 Å². The van der Waals surface area contributed by atoms with E-state index in [0.29, 0.717) is 28.5 Å². The summed E-state index contributed by atoms with van der Waals surface area (Å²) in [6, 6.07) is 6.65. The Kier molecular flexibility index (Phi) is 4.35. The molecule has 0 saturated heterocycles. The average molecular weight is 393 g/mol. The lowest BCUT2D eigenvalue weighted by atomic mass is 9.96. The zero-order valence-corrected chi connectivity index (χ0v) is 14.5. The van der Waals surface area contributed by atoms with Gasteiger partial charge < -0.3 is 9.32 Å². The van der Waals surface area contributed by atoms with Crippen molar-refractivity contribution in [3.8, 4) is 11.6 Å². The fraction of sp³-hybridized carbons (Fsp3) is 0.167. The van der Waals surface area contributed by atoms with E-state index in [4.69, 9.17) is 16.0 Å². The molecule has 0 radical (unpaired) electrons. The minimum Gasteiger partial charge on any atom is -0.422 e. The highest BCUT2D eigenvalue weighted by molar-refractivity contribution is 6.33. The monoisotopic (exact) mass is 392 g/mol. The molecule has 0 fully saturated rings. The summed E-state index contributed by atoms with van der Waals surface area (Å²) in [7, 11) is 0. The highest BCUT2D eigenvalue weighted by Crippen LogP contribution is 2.33. The number of halogens is 4. The topological polar surface area (TPSA) is 55.1 Å². The first-order valence-electron chi connectivity index (χ1n) is 7.95. The van der Waals surface area contributed by atoms with Crippen molar-refractivity contribution >= 4 is 23.4 Å². The largest absolute Gasteiger partial charge is 0.422 e. The molecule has 0 N–H and O–H groups in total. The zero-order valence-electron chi connectivity index (χ0n) is 13.7. The van der Waals surface area contributed by atoms with E-state index in [1.165, 1.54) is 12.5 Å². The number of benzene rings is 1. The molecule has 1 aliphatic heterocycles. The van der Waals surface area contributed by atoms with Crippen molar-refractivity contribution in [1.82, 2.24) is 15.2 Å². The quantitative estimate of drug-likeness (QED) is 0.635. The van der Waals surface area contributed by atoms with Gasteiger partial charge in [-0.1, -0.05) is 29.8 Å². The molecular formula is C18H12ClF3N4O. The van der Waals surface area contributed by atoms with Crippen LogP contribution in [0.3, 0.4) is 0 Å². The molecule has 5 nitrogen and oxygen atoms in total. The van der Waals surface area contributed by atoms with Crippen molar-refractivity contribution < 1.29 is 17.6 Å². The maximum Gasteiger partial charge on any atom is 0.393 e. The Labute approximate surface area is 157 Å². The van der Waals surface area contributed by atoms with Crippen LogP contribution in [0.2, 0.25) is 5.02 Å². The molecule has 9 heteroatoms. The van der Waals surface area contributed by atoms with Crippen molar-refractivity contribution in [1.29, 1.82) is 0 Å². The van der Waals surface area contributed by atoms with E-state index in [1.807, 2.05) is 11.0 Å². The number of aromatic nitrogens is 3. The van der Waals surface area contributed by atoms with Crippen LogP contribution in [0.15, 0.2) is 47.5 Å². The van der Waals surface area contributed by atoms with E-state index in [-0.39, 0.29) is 11.5 Å². The van der Waals surface area contributed by atoms with Gasteiger partial charge in [0, 0.05) is 12.7 Å². The summed E-state index contributed by atoms with van der Waals surface area (Å²) in [5.41, 5.74) is 2.74. The summed E-state index contributed by atoms with van der Waals surface area (Å²) in [4.78, 5) is 6.12. The maximum absolute atomic E-state index is 12.8. The number of pyridine rings is 1. The highest BCUT2D eigenvalue weighted by Gasteiger charge is 2.29. The second kappa shape index (κ2) is 6.70. The lowest BCUT2D eigenvalue weighted by Gasteiger charge is -2.27. The van der Waals surface area contributed by atoms with Crippen LogP contribution in [0.5, 0.6) is 0 Å². The van der Waals surface area contributed by atoms with Gasteiger partial charge in [-0.15, -0.1) is 10.2 Å². The third kappa shape index (κ3) is 3.66. The van der Waals surface area contributed by atoms with Gasteiger partial charge in [0.1, 0.15) is 5.69 Å². The Morgan fingerprint density at radius 1 is 1.26 bits per heavy atom. The molecule has 0 spiro atoms. The molecule has 0 bridgehead atoms. The van der Waals surface area contributed by atoms with Gasteiger partial charge in [0.2, 0.25) is 6.39 Å². The number of hydrogen-bond acceptors (Lipinski definition) is 5. The summed E-state index contributed by atoms with van der Waals surface area (Å²) < 4.78 is 43.4. The summed E-state index contributed by atoms with van der Waals surface area (Å²) in [6.45, 7) is 0.412. The van der Waals surface area contributed by atoms with Crippen molar-refractivity contribution in [3.05, 3.63) is 64.8 Å². The number of anilines is 1. The van der Waals surface area contributed by atoms with Gasteiger partial charge >= 0.3 is 6.18 Å². The summed E-state index contributed by atoms with van der Waals surface area (Å²) in [6.07, 6.45) is 0.987. The Balaban J connectivity index is 1.62. The number of rotatable bonds is 3. The van der Waals surface area contributed by atoms with Crippen LogP contribution in [0.1, 0.15) is 16.7 Å². The van der Waals surface area contributed by atoms with Crippen LogP contribution in [0, 0.1) is 0 Å². The third-order valence-electron chi connectivity index (χ3n) is 4.16. The van der Waals surface area contributed by atoms with Gasteiger partial charge in [-0.3, -0.25) is 0 Å². The molecule has 3 aromatic rings. The minimum absolute atomic E-state index is 0.211. The van der Waals surface area contributed by atoms with Gasteiger partial charge in [-0.25, -0.2) is 4.98 Å². The Morgan fingerprint density at radius 2 is 2.11 bits per heavy atom. The molecule has 3 heterocycles. The Hall–Kier alpha value is -2.87. The van der Waals surface area contributed by atoms with E-state index in [1.54, 1.807) is 30.6 Å².